The maximum atomic E-state index is 12.3. The molecule has 4 rings (SSSR count). The van der Waals surface area contributed by atoms with Crippen molar-refractivity contribution < 1.29 is 14.3 Å². The minimum absolute atomic E-state index is 0.0739. The number of aromatic nitrogens is 2. The van der Waals surface area contributed by atoms with Gasteiger partial charge >= 0.3 is 0 Å². The lowest BCUT2D eigenvalue weighted by Gasteiger charge is -2.09. The van der Waals surface area contributed by atoms with Crippen molar-refractivity contribution in [1.82, 2.24) is 10.2 Å². The average molecular weight is 410 g/mol. The Morgan fingerprint density at radius 3 is 2.62 bits per heavy atom. The van der Waals surface area contributed by atoms with Crippen molar-refractivity contribution >= 4 is 22.4 Å². The van der Waals surface area contributed by atoms with Gasteiger partial charge in [0.25, 0.3) is 0 Å². The van der Waals surface area contributed by atoms with Gasteiger partial charge in [0, 0.05) is 19.3 Å². The van der Waals surface area contributed by atoms with Gasteiger partial charge in [-0.15, -0.1) is 10.2 Å². The molecule has 0 saturated carbocycles. The molecule has 0 aliphatic carbocycles. The number of benzene rings is 2. The summed E-state index contributed by atoms with van der Waals surface area (Å²) in [5.41, 5.74) is 3.45. The summed E-state index contributed by atoms with van der Waals surface area (Å²) in [6.45, 7) is 3.39. The SMILES string of the molecule is Cc1ccc(Cc2nnc(NC(=O)CCc3ccc4c(c3)OCCCO4)s2)cc1. The summed E-state index contributed by atoms with van der Waals surface area (Å²) in [6.07, 6.45) is 2.58. The Hall–Kier alpha value is -2.93. The van der Waals surface area contributed by atoms with E-state index in [0.29, 0.717) is 37.6 Å². The van der Waals surface area contributed by atoms with Crippen molar-refractivity contribution in [2.75, 3.05) is 18.5 Å². The minimum Gasteiger partial charge on any atom is -0.490 e. The molecule has 7 heteroatoms. The zero-order valence-electron chi connectivity index (χ0n) is 16.3. The second-order valence-electron chi connectivity index (χ2n) is 7.04. The van der Waals surface area contributed by atoms with Crippen molar-refractivity contribution in [2.45, 2.75) is 32.6 Å². The lowest BCUT2D eigenvalue weighted by molar-refractivity contribution is -0.116. The third kappa shape index (κ3) is 5.32. The molecule has 1 N–H and O–H groups in total. The second-order valence-corrected chi connectivity index (χ2v) is 8.11. The Kier molecular flexibility index (Phi) is 6.05. The minimum atomic E-state index is -0.0739. The molecule has 0 atom stereocenters. The number of hydrogen-bond donors (Lipinski definition) is 1. The van der Waals surface area contributed by atoms with E-state index in [9.17, 15) is 4.79 Å². The highest BCUT2D eigenvalue weighted by Crippen LogP contribution is 2.30. The number of carbonyl (C=O) groups excluding carboxylic acids is 1. The van der Waals surface area contributed by atoms with E-state index in [1.54, 1.807) is 0 Å². The van der Waals surface area contributed by atoms with Crippen LogP contribution in [0.2, 0.25) is 0 Å². The Labute approximate surface area is 173 Å². The van der Waals surface area contributed by atoms with Crippen molar-refractivity contribution in [3.05, 3.63) is 64.2 Å². The van der Waals surface area contributed by atoms with Crippen LogP contribution in [-0.2, 0) is 17.6 Å². The molecule has 1 aliphatic rings. The van der Waals surface area contributed by atoms with Gasteiger partial charge in [-0.3, -0.25) is 4.79 Å². The predicted molar refractivity (Wildman–Crippen MR) is 113 cm³/mol. The molecule has 0 unspecified atom stereocenters. The summed E-state index contributed by atoms with van der Waals surface area (Å²) >= 11 is 1.41. The monoisotopic (exact) mass is 409 g/mol. The van der Waals surface area contributed by atoms with Crippen LogP contribution in [0.15, 0.2) is 42.5 Å². The topological polar surface area (TPSA) is 73.3 Å². The highest BCUT2D eigenvalue weighted by atomic mass is 32.1. The second kappa shape index (κ2) is 9.05. The number of carbonyl (C=O) groups is 1. The van der Waals surface area contributed by atoms with Crippen LogP contribution >= 0.6 is 11.3 Å². The fourth-order valence-electron chi connectivity index (χ4n) is 3.06. The summed E-state index contributed by atoms with van der Waals surface area (Å²) in [5.74, 6) is 1.45. The average Bonchev–Trinajstić information content (AvgIpc) is 3.01. The van der Waals surface area contributed by atoms with Gasteiger partial charge in [-0.1, -0.05) is 47.2 Å². The quantitative estimate of drug-likeness (QED) is 0.661. The number of hydrogen-bond acceptors (Lipinski definition) is 6. The third-order valence-electron chi connectivity index (χ3n) is 4.64. The standard InChI is InChI=1S/C22H23N3O3S/c1-15-3-5-17(6-4-15)14-21-24-25-22(29-21)23-20(26)10-8-16-7-9-18-19(13-16)28-12-2-11-27-18/h3-7,9,13H,2,8,10-12,14H2,1H3,(H,23,25,26). The van der Waals surface area contributed by atoms with Crippen LogP contribution in [0.3, 0.4) is 0 Å². The Balaban J connectivity index is 1.29. The smallest absolute Gasteiger partial charge is 0.226 e. The van der Waals surface area contributed by atoms with Crippen LogP contribution in [0.1, 0.15) is 34.5 Å². The van der Waals surface area contributed by atoms with Crippen molar-refractivity contribution in [3.8, 4) is 11.5 Å². The van der Waals surface area contributed by atoms with E-state index in [2.05, 4.69) is 46.7 Å². The summed E-state index contributed by atoms with van der Waals surface area (Å²) < 4.78 is 11.3. The zero-order chi connectivity index (χ0) is 20.1. The number of nitrogens with zero attached hydrogens (tertiary/aromatic N) is 2. The van der Waals surface area contributed by atoms with E-state index in [4.69, 9.17) is 9.47 Å². The molecule has 3 aromatic rings. The molecule has 1 aliphatic heterocycles. The molecular formula is C22H23N3O3S. The first kappa shape index (κ1) is 19.4. The number of amides is 1. The first-order valence-corrected chi connectivity index (χ1v) is 10.5. The van der Waals surface area contributed by atoms with Crippen LogP contribution in [0, 0.1) is 6.92 Å². The van der Waals surface area contributed by atoms with E-state index < -0.39 is 0 Å². The molecule has 0 spiro atoms. The molecule has 0 fully saturated rings. The normalized spacial score (nSPS) is 13.0. The summed E-state index contributed by atoms with van der Waals surface area (Å²) in [7, 11) is 0. The molecule has 1 aromatic heterocycles. The lowest BCUT2D eigenvalue weighted by atomic mass is 10.1. The number of aryl methyl sites for hydroxylation is 2. The largest absolute Gasteiger partial charge is 0.490 e. The fourth-order valence-corrected chi connectivity index (χ4v) is 3.85. The number of ether oxygens (including phenoxy) is 2. The first-order chi connectivity index (χ1) is 14.2. The fraction of sp³-hybridized carbons (Fsp3) is 0.318. The van der Waals surface area contributed by atoms with Crippen LogP contribution in [-0.4, -0.2) is 29.3 Å². The first-order valence-electron chi connectivity index (χ1n) is 9.72. The molecular weight excluding hydrogens is 386 g/mol. The maximum Gasteiger partial charge on any atom is 0.226 e. The van der Waals surface area contributed by atoms with Gasteiger partial charge in [-0.05, 0) is 36.6 Å². The highest BCUT2D eigenvalue weighted by molar-refractivity contribution is 7.15. The molecule has 1 amide bonds. The summed E-state index contributed by atoms with van der Waals surface area (Å²) in [4.78, 5) is 12.3. The molecule has 150 valence electrons. The van der Waals surface area contributed by atoms with Crippen molar-refractivity contribution in [1.29, 1.82) is 0 Å². The number of fused-ring (bicyclic) bond motifs is 1. The third-order valence-corrected chi connectivity index (χ3v) is 5.48. The summed E-state index contributed by atoms with van der Waals surface area (Å²) in [6, 6.07) is 14.2. The van der Waals surface area contributed by atoms with E-state index in [1.807, 2.05) is 18.2 Å². The number of rotatable bonds is 6. The Morgan fingerprint density at radius 1 is 1.03 bits per heavy atom. The maximum absolute atomic E-state index is 12.3. The van der Waals surface area contributed by atoms with Crippen LogP contribution in [0.4, 0.5) is 5.13 Å². The van der Waals surface area contributed by atoms with Gasteiger partial charge in [0.1, 0.15) is 5.01 Å². The Bertz CT molecular complexity index is 985. The number of nitrogens with one attached hydrogen (secondary N) is 1. The van der Waals surface area contributed by atoms with E-state index in [-0.39, 0.29) is 5.91 Å². The number of anilines is 1. The van der Waals surface area contributed by atoms with E-state index in [1.165, 1.54) is 22.5 Å². The highest BCUT2D eigenvalue weighted by Gasteiger charge is 2.13. The van der Waals surface area contributed by atoms with Gasteiger partial charge < -0.3 is 14.8 Å². The molecule has 0 bridgehead atoms. The molecule has 0 radical (unpaired) electrons. The van der Waals surface area contributed by atoms with E-state index >= 15 is 0 Å². The van der Waals surface area contributed by atoms with Crippen LogP contribution < -0.4 is 14.8 Å². The van der Waals surface area contributed by atoms with Gasteiger partial charge in [0.2, 0.25) is 11.0 Å². The zero-order valence-corrected chi connectivity index (χ0v) is 17.1. The predicted octanol–water partition coefficient (Wildman–Crippen LogP) is 4.17. The summed E-state index contributed by atoms with van der Waals surface area (Å²) in [5, 5.41) is 12.5. The van der Waals surface area contributed by atoms with Gasteiger partial charge in [0.15, 0.2) is 11.5 Å². The van der Waals surface area contributed by atoms with Crippen LogP contribution in [0.25, 0.3) is 0 Å². The van der Waals surface area contributed by atoms with Crippen molar-refractivity contribution in [2.24, 2.45) is 0 Å². The van der Waals surface area contributed by atoms with Crippen molar-refractivity contribution in [3.63, 3.8) is 0 Å². The molecule has 2 heterocycles. The molecule has 29 heavy (non-hydrogen) atoms. The van der Waals surface area contributed by atoms with E-state index in [0.717, 1.165) is 28.5 Å². The van der Waals surface area contributed by atoms with Gasteiger partial charge in [0.05, 0.1) is 13.2 Å². The van der Waals surface area contributed by atoms with Gasteiger partial charge in [-0.2, -0.15) is 0 Å². The molecule has 6 nitrogen and oxygen atoms in total. The van der Waals surface area contributed by atoms with Gasteiger partial charge in [-0.25, -0.2) is 0 Å². The lowest BCUT2D eigenvalue weighted by Crippen LogP contribution is -2.12. The molecule has 2 aromatic carbocycles. The molecule has 0 saturated heterocycles. The Morgan fingerprint density at radius 2 is 1.79 bits per heavy atom. The van der Waals surface area contributed by atoms with Crippen LogP contribution in [0.5, 0.6) is 11.5 Å².